The van der Waals surface area contributed by atoms with E-state index in [0.29, 0.717) is 6.54 Å². The minimum atomic E-state index is -0.652. The van der Waals surface area contributed by atoms with Crippen LogP contribution in [0.2, 0.25) is 0 Å². The van der Waals surface area contributed by atoms with Crippen molar-refractivity contribution in [3.8, 4) is 0 Å². The second-order valence-electron chi connectivity index (χ2n) is 5.35. The fourth-order valence-electron chi connectivity index (χ4n) is 2.59. The molecule has 1 aliphatic heterocycles. The molecule has 1 aromatic rings. The Kier molecular flexibility index (Phi) is 2.74. The number of nitrogens with one attached hydrogen (secondary N) is 2. The Hall–Kier alpha value is -1.55. The van der Waals surface area contributed by atoms with Crippen LogP contribution in [0.3, 0.4) is 0 Å². The quantitative estimate of drug-likeness (QED) is 0.747. The number of carbonyl (C=O) groups excluding carboxylic acids is 1. The summed E-state index contributed by atoms with van der Waals surface area (Å²) >= 11 is 0. The van der Waals surface area contributed by atoms with Gasteiger partial charge in [0.05, 0.1) is 5.60 Å². The van der Waals surface area contributed by atoms with Crippen molar-refractivity contribution in [2.24, 2.45) is 0 Å². The predicted octanol–water partition coefficient (Wildman–Crippen LogP) is 1.05. The SMILES string of the molecule is O=C(NCC1(O)CCC1)C1Cc2ccccc2N1. The molecule has 2 aliphatic rings. The molecule has 0 saturated heterocycles. The van der Waals surface area contributed by atoms with Crippen LogP contribution in [0.1, 0.15) is 24.8 Å². The van der Waals surface area contributed by atoms with E-state index in [1.54, 1.807) is 0 Å². The monoisotopic (exact) mass is 246 g/mol. The van der Waals surface area contributed by atoms with Crippen molar-refractivity contribution in [1.82, 2.24) is 5.32 Å². The van der Waals surface area contributed by atoms with Crippen LogP contribution in [-0.2, 0) is 11.2 Å². The summed E-state index contributed by atoms with van der Waals surface area (Å²) in [7, 11) is 0. The molecule has 0 bridgehead atoms. The second-order valence-corrected chi connectivity index (χ2v) is 5.35. The average molecular weight is 246 g/mol. The molecule has 1 saturated carbocycles. The molecule has 1 heterocycles. The van der Waals surface area contributed by atoms with Crippen LogP contribution in [0.25, 0.3) is 0 Å². The van der Waals surface area contributed by atoms with Gasteiger partial charge in [-0.05, 0) is 30.9 Å². The van der Waals surface area contributed by atoms with E-state index in [1.165, 1.54) is 5.56 Å². The van der Waals surface area contributed by atoms with E-state index < -0.39 is 5.60 Å². The number of carbonyl (C=O) groups is 1. The minimum absolute atomic E-state index is 0.0217. The lowest BCUT2D eigenvalue weighted by Crippen LogP contribution is -2.50. The standard InChI is InChI=1S/C14H18N2O2/c17-13(15-9-14(18)6-3-7-14)12-8-10-4-1-2-5-11(10)16-12/h1-2,4-5,12,16,18H,3,6-9H2,(H,15,17). The minimum Gasteiger partial charge on any atom is -0.388 e. The number of benzene rings is 1. The highest BCUT2D eigenvalue weighted by molar-refractivity contribution is 5.87. The number of hydrogen-bond donors (Lipinski definition) is 3. The molecule has 4 heteroatoms. The van der Waals surface area contributed by atoms with Gasteiger partial charge in [-0.15, -0.1) is 0 Å². The van der Waals surface area contributed by atoms with Crippen LogP contribution in [0.4, 0.5) is 5.69 Å². The highest BCUT2D eigenvalue weighted by atomic mass is 16.3. The van der Waals surface area contributed by atoms with Crippen LogP contribution in [-0.4, -0.2) is 29.2 Å². The molecule has 1 atom stereocenters. The summed E-state index contributed by atoms with van der Waals surface area (Å²) in [6.45, 7) is 0.375. The lowest BCUT2D eigenvalue weighted by molar-refractivity contribution is -0.124. The predicted molar refractivity (Wildman–Crippen MR) is 69.4 cm³/mol. The van der Waals surface area contributed by atoms with Gasteiger partial charge in [0.1, 0.15) is 6.04 Å². The van der Waals surface area contributed by atoms with Crippen molar-refractivity contribution in [1.29, 1.82) is 0 Å². The Labute approximate surface area is 106 Å². The Bertz CT molecular complexity index is 444. The first-order chi connectivity index (χ1) is 8.66. The molecular weight excluding hydrogens is 228 g/mol. The summed E-state index contributed by atoms with van der Waals surface area (Å²) in [5.41, 5.74) is 1.57. The molecule has 18 heavy (non-hydrogen) atoms. The van der Waals surface area contributed by atoms with Crippen molar-refractivity contribution >= 4 is 11.6 Å². The maximum absolute atomic E-state index is 12.0. The Morgan fingerprint density at radius 1 is 1.44 bits per heavy atom. The van der Waals surface area contributed by atoms with Crippen LogP contribution in [0.5, 0.6) is 0 Å². The van der Waals surface area contributed by atoms with E-state index in [-0.39, 0.29) is 11.9 Å². The average Bonchev–Trinajstić information content (AvgIpc) is 2.77. The zero-order valence-corrected chi connectivity index (χ0v) is 10.3. The lowest BCUT2D eigenvalue weighted by Gasteiger charge is -2.36. The molecule has 1 aliphatic carbocycles. The van der Waals surface area contributed by atoms with E-state index >= 15 is 0 Å². The molecular formula is C14H18N2O2. The summed E-state index contributed by atoms with van der Waals surface area (Å²) in [6.07, 6.45) is 3.37. The van der Waals surface area contributed by atoms with Crippen LogP contribution < -0.4 is 10.6 Å². The normalized spacial score (nSPS) is 23.7. The fraction of sp³-hybridized carbons (Fsp3) is 0.500. The van der Waals surface area contributed by atoms with E-state index in [2.05, 4.69) is 10.6 Å². The number of rotatable bonds is 3. The zero-order chi connectivity index (χ0) is 12.6. The zero-order valence-electron chi connectivity index (χ0n) is 10.3. The van der Waals surface area contributed by atoms with Crippen molar-refractivity contribution in [2.75, 3.05) is 11.9 Å². The van der Waals surface area contributed by atoms with Crippen LogP contribution >= 0.6 is 0 Å². The third-order valence-electron chi connectivity index (χ3n) is 3.96. The van der Waals surface area contributed by atoms with Crippen molar-refractivity contribution in [3.05, 3.63) is 29.8 Å². The number of anilines is 1. The van der Waals surface area contributed by atoms with Crippen molar-refractivity contribution in [3.63, 3.8) is 0 Å². The van der Waals surface area contributed by atoms with Gasteiger partial charge in [0.25, 0.3) is 0 Å². The number of para-hydroxylation sites is 1. The second kappa shape index (κ2) is 4.28. The first-order valence-electron chi connectivity index (χ1n) is 6.51. The number of fused-ring (bicyclic) bond motifs is 1. The largest absolute Gasteiger partial charge is 0.388 e. The van der Waals surface area contributed by atoms with Gasteiger partial charge >= 0.3 is 0 Å². The molecule has 1 unspecified atom stereocenters. The van der Waals surface area contributed by atoms with E-state index in [4.69, 9.17) is 0 Å². The molecule has 4 nitrogen and oxygen atoms in total. The molecule has 96 valence electrons. The summed E-state index contributed by atoms with van der Waals surface area (Å²) in [4.78, 5) is 12.0. The van der Waals surface area contributed by atoms with Crippen molar-refractivity contribution in [2.45, 2.75) is 37.3 Å². The molecule has 0 aromatic heterocycles. The number of hydrogen-bond acceptors (Lipinski definition) is 3. The van der Waals surface area contributed by atoms with E-state index in [9.17, 15) is 9.90 Å². The first kappa shape index (κ1) is 11.5. The van der Waals surface area contributed by atoms with E-state index in [1.807, 2.05) is 24.3 Å². The third kappa shape index (κ3) is 2.08. The van der Waals surface area contributed by atoms with Gasteiger partial charge in [-0.2, -0.15) is 0 Å². The number of amides is 1. The third-order valence-corrected chi connectivity index (χ3v) is 3.96. The maximum atomic E-state index is 12.0. The van der Waals surface area contributed by atoms with Crippen LogP contribution in [0, 0.1) is 0 Å². The van der Waals surface area contributed by atoms with Gasteiger partial charge < -0.3 is 15.7 Å². The summed E-state index contributed by atoms with van der Waals surface area (Å²) in [6, 6.07) is 7.77. The lowest BCUT2D eigenvalue weighted by atomic mass is 9.80. The summed E-state index contributed by atoms with van der Waals surface area (Å²) in [5.74, 6) is -0.0217. The Morgan fingerprint density at radius 3 is 2.89 bits per heavy atom. The van der Waals surface area contributed by atoms with Crippen LogP contribution in [0.15, 0.2) is 24.3 Å². The first-order valence-corrected chi connectivity index (χ1v) is 6.51. The topological polar surface area (TPSA) is 61.4 Å². The van der Waals surface area contributed by atoms with E-state index in [0.717, 1.165) is 31.4 Å². The molecule has 3 rings (SSSR count). The maximum Gasteiger partial charge on any atom is 0.242 e. The van der Waals surface area contributed by atoms with Gasteiger partial charge in [-0.3, -0.25) is 4.79 Å². The highest BCUT2D eigenvalue weighted by Crippen LogP contribution is 2.31. The summed E-state index contributed by atoms with van der Waals surface area (Å²) in [5, 5.41) is 16.0. The molecule has 1 amide bonds. The Morgan fingerprint density at radius 2 is 2.22 bits per heavy atom. The molecule has 0 radical (unpaired) electrons. The van der Waals surface area contributed by atoms with Crippen molar-refractivity contribution < 1.29 is 9.90 Å². The molecule has 3 N–H and O–H groups in total. The highest BCUT2D eigenvalue weighted by Gasteiger charge is 2.35. The molecule has 1 aromatic carbocycles. The fourth-order valence-corrected chi connectivity index (χ4v) is 2.59. The van der Waals surface area contributed by atoms with Gasteiger partial charge in [-0.1, -0.05) is 18.2 Å². The van der Waals surface area contributed by atoms with Gasteiger partial charge in [-0.25, -0.2) is 0 Å². The number of aliphatic hydroxyl groups is 1. The smallest absolute Gasteiger partial charge is 0.242 e. The summed E-state index contributed by atoms with van der Waals surface area (Å²) < 4.78 is 0. The Balaban J connectivity index is 1.56. The van der Waals surface area contributed by atoms with Gasteiger partial charge in [0, 0.05) is 18.7 Å². The molecule has 0 spiro atoms. The van der Waals surface area contributed by atoms with Gasteiger partial charge in [0.2, 0.25) is 5.91 Å². The molecule has 1 fully saturated rings. The van der Waals surface area contributed by atoms with Gasteiger partial charge in [0.15, 0.2) is 0 Å².